The SMILES string of the molecule is CCCNCc1c(Cl)cccc1N(CC)CCC. The zero-order chi connectivity index (χ0) is 13.4. The fourth-order valence-electron chi connectivity index (χ4n) is 2.13. The van der Waals surface area contributed by atoms with Crippen LogP contribution in [-0.4, -0.2) is 19.6 Å². The second-order valence-electron chi connectivity index (χ2n) is 4.49. The zero-order valence-corrected chi connectivity index (χ0v) is 12.6. The fourth-order valence-corrected chi connectivity index (χ4v) is 2.36. The highest BCUT2D eigenvalue weighted by atomic mass is 35.5. The lowest BCUT2D eigenvalue weighted by molar-refractivity contribution is 0.671. The molecule has 1 aromatic carbocycles. The highest BCUT2D eigenvalue weighted by Gasteiger charge is 2.11. The highest BCUT2D eigenvalue weighted by molar-refractivity contribution is 6.31. The van der Waals surface area contributed by atoms with Crippen molar-refractivity contribution < 1.29 is 0 Å². The molecule has 0 aliphatic heterocycles. The van der Waals surface area contributed by atoms with E-state index in [2.05, 4.69) is 37.1 Å². The van der Waals surface area contributed by atoms with Crippen molar-refractivity contribution in [1.29, 1.82) is 0 Å². The molecule has 0 radical (unpaired) electrons. The molecular formula is C15H25ClN2. The molecule has 2 nitrogen and oxygen atoms in total. The van der Waals surface area contributed by atoms with Gasteiger partial charge in [-0.3, -0.25) is 0 Å². The van der Waals surface area contributed by atoms with Gasteiger partial charge in [0.25, 0.3) is 0 Å². The van der Waals surface area contributed by atoms with Crippen LogP contribution in [0, 0.1) is 0 Å². The summed E-state index contributed by atoms with van der Waals surface area (Å²) in [5, 5.41) is 4.31. The normalized spacial score (nSPS) is 10.7. The van der Waals surface area contributed by atoms with Crippen LogP contribution in [0.4, 0.5) is 5.69 Å². The van der Waals surface area contributed by atoms with E-state index in [9.17, 15) is 0 Å². The third-order valence-electron chi connectivity index (χ3n) is 3.04. The van der Waals surface area contributed by atoms with Gasteiger partial charge in [-0.25, -0.2) is 0 Å². The minimum Gasteiger partial charge on any atom is -0.372 e. The number of rotatable bonds is 8. The zero-order valence-electron chi connectivity index (χ0n) is 11.8. The van der Waals surface area contributed by atoms with Gasteiger partial charge in [0, 0.05) is 35.9 Å². The first-order valence-electron chi connectivity index (χ1n) is 6.97. The summed E-state index contributed by atoms with van der Waals surface area (Å²) in [5.41, 5.74) is 2.50. The van der Waals surface area contributed by atoms with Gasteiger partial charge in [0.2, 0.25) is 0 Å². The maximum atomic E-state index is 6.34. The number of nitrogens with zero attached hydrogens (tertiary/aromatic N) is 1. The van der Waals surface area contributed by atoms with Crippen LogP contribution in [0.1, 0.15) is 39.2 Å². The molecule has 0 spiro atoms. The first-order valence-corrected chi connectivity index (χ1v) is 7.35. The summed E-state index contributed by atoms with van der Waals surface area (Å²) in [5.74, 6) is 0. The number of hydrogen-bond acceptors (Lipinski definition) is 2. The van der Waals surface area contributed by atoms with Crippen LogP contribution in [0.2, 0.25) is 5.02 Å². The molecule has 0 aliphatic rings. The lowest BCUT2D eigenvalue weighted by atomic mass is 10.1. The minimum absolute atomic E-state index is 0.850. The summed E-state index contributed by atoms with van der Waals surface area (Å²) >= 11 is 6.34. The number of nitrogens with one attached hydrogen (secondary N) is 1. The lowest BCUT2D eigenvalue weighted by Gasteiger charge is -2.26. The summed E-state index contributed by atoms with van der Waals surface area (Å²) < 4.78 is 0. The van der Waals surface area contributed by atoms with Crippen molar-refractivity contribution in [3.8, 4) is 0 Å². The largest absolute Gasteiger partial charge is 0.372 e. The molecule has 18 heavy (non-hydrogen) atoms. The molecule has 0 bridgehead atoms. The molecule has 0 aliphatic carbocycles. The van der Waals surface area contributed by atoms with Crippen molar-refractivity contribution in [3.63, 3.8) is 0 Å². The van der Waals surface area contributed by atoms with E-state index in [0.717, 1.165) is 44.0 Å². The van der Waals surface area contributed by atoms with Crippen molar-refractivity contribution in [2.24, 2.45) is 0 Å². The summed E-state index contributed by atoms with van der Waals surface area (Å²) in [6.07, 6.45) is 2.30. The Balaban J connectivity index is 2.90. The quantitative estimate of drug-likeness (QED) is 0.715. The topological polar surface area (TPSA) is 15.3 Å². The Morgan fingerprint density at radius 2 is 1.94 bits per heavy atom. The molecule has 102 valence electrons. The predicted octanol–water partition coefficient (Wildman–Crippen LogP) is 4.08. The Labute approximate surface area is 116 Å². The van der Waals surface area contributed by atoms with Crippen LogP contribution in [0.25, 0.3) is 0 Å². The van der Waals surface area contributed by atoms with Gasteiger partial charge in [-0.15, -0.1) is 0 Å². The molecule has 0 amide bonds. The molecule has 0 aromatic heterocycles. The third kappa shape index (κ3) is 4.18. The number of anilines is 1. The van der Waals surface area contributed by atoms with Gasteiger partial charge in [0.15, 0.2) is 0 Å². The van der Waals surface area contributed by atoms with Gasteiger partial charge in [-0.2, -0.15) is 0 Å². The van der Waals surface area contributed by atoms with Gasteiger partial charge in [0.05, 0.1) is 0 Å². The van der Waals surface area contributed by atoms with E-state index in [1.54, 1.807) is 0 Å². The molecule has 3 heteroatoms. The van der Waals surface area contributed by atoms with Crippen molar-refractivity contribution in [2.75, 3.05) is 24.5 Å². The van der Waals surface area contributed by atoms with E-state index >= 15 is 0 Å². The summed E-state index contributed by atoms with van der Waals surface area (Å²) in [7, 11) is 0. The van der Waals surface area contributed by atoms with Crippen LogP contribution in [0.15, 0.2) is 18.2 Å². The van der Waals surface area contributed by atoms with Crippen LogP contribution < -0.4 is 10.2 Å². The Hall–Kier alpha value is -0.730. The molecular weight excluding hydrogens is 244 g/mol. The number of halogens is 1. The number of benzene rings is 1. The van der Waals surface area contributed by atoms with Crippen LogP contribution in [-0.2, 0) is 6.54 Å². The van der Waals surface area contributed by atoms with Gasteiger partial charge in [-0.1, -0.05) is 31.5 Å². The summed E-state index contributed by atoms with van der Waals surface area (Å²) in [6, 6.07) is 6.20. The van der Waals surface area contributed by atoms with Crippen LogP contribution in [0.5, 0.6) is 0 Å². The molecule has 1 rings (SSSR count). The Bertz CT molecular complexity index is 352. The average molecular weight is 269 g/mol. The predicted molar refractivity (Wildman–Crippen MR) is 81.6 cm³/mol. The van der Waals surface area contributed by atoms with Crippen LogP contribution >= 0.6 is 11.6 Å². The molecule has 0 saturated carbocycles. The van der Waals surface area contributed by atoms with Gasteiger partial charge >= 0.3 is 0 Å². The Kier molecular flexibility index (Phi) is 7.14. The van der Waals surface area contributed by atoms with Crippen molar-refractivity contribution in [1.82, 2.24) is 5.32 Å². The average Bonchev–Trinajstić information content (AvgIpc) is 2.38. The standard InChI is InChI=1S/C15H25ClN2/c1-4-10-17-12-13-14(16)8-7-9-15(13)18(6-3)11-5-2/h7-9,17H,4-6,10-12H2,1-3H3. The summed E-state index contributed by atoms with van der Waals surface area (Å²) in [4.78, 5) is 2.40. The molecule has 0 heterocycles. The molecule has 0 atom stereocenters. The van der Waals surface area contributed by atoms with Gasteiger partial charge in [-0.05, 0) is 38.4 Å². The van der Waals surface area contributed by atoms with E-state index in [1.807, 2.05) is 12.1 Å². The second-order valence-corrected chi connectivity index (χ2v) is 4.90. The molecule has 0 fully saturated rings. The third-order valence-corrected chi connectivity index (χ3v) is 3.39. The number of hydrogen-bond donors (Lipinski definition) is 1. The monoisotopic (exact) mass is 268 g/mol. The Morgan fingerprint density at radius 1 is 1.17 bits per heavy atom. The highest BCUT2D eigenvalue weighted by Crippen LogP contribution is 2.27. The Morgan fingerprint density at radius 3 is 2.56 bits per heavy atom. The van der Waals surface area contributed by atoms with Gasteiger partial charge < -0.3 is 10.2 Å². The minimum atomic E-state index is 0.850. The second kappa shape index (κ2) is 8.39. The molecule has 0 saturated heterocycles. The van der Waals surface area contributed by atoms with Crippen molar-refractivity contribution >= 4 is 17.3 Å². The smallest absolute Gasteiger partial charge is 0.0471 e. The lowest BCUT2D eigenvalue weighted by Crippen LogP contribution is -2.26. The molecule has 0 unspecified atom stereocenters. The van der Waals surface area contributed by atoms with Crippen LogP contribution in [0.3, 0.4) is 0 Å². The van der Waals surface area contributed by atoms with E-state index in [0.29, 0.717) is 0 Å². The molecule has 1 N–H and O–H groups in total. The van der Waals surface area contributed by atoms with Crippen molar-refractivity contribution in [3.05, 3.63) is 28.8 Å². The van der Waals surface area contributed by atoms with E-state index in [4.69, 9.17) is 11.6 Å². The maximum Gasteiger partial charge on any atom is 0.0471 e. The van der Waals surface area contributed by atoms with E-state index in [-0.39, 0.29) is 0 Å². The van der Waals surface area contributed by atoms with E-state index in [1.165, 1.54) is 11.3 Å². The first kappa shape index (κ1) is 15.3. The summed E-state index contributed by atoms with van der Waals surface area (Å²) in [6.45, 7) is 10.6. The van der Waals surface area contributed by atoms with Crippen molar-refractivity contribution in [2.45, 2.75) is 40.2 Å². The fraction of sp³-hybridized carbons (Fsp3) is 0.600. The first-order chi connectivity index (χ1) is 8.74. The molecule has 1 aromatic rings. The maximum absolute atomic E-state index is 6.34. The van der Waals surface area contributed by atoms with E-state index < -0.39 is 0 Å². The van der Waals surface area contributed by atoms with Gasteiger partial charge in [0.1, 0.15) is 0 Å².